The van der Waals surface area contributed by atoms with Gasteiger partial charge >= 0.3 is 0 Å². The van der Waals surface area contributed by atoms with Crippen LogP contribution in [-0.2, 0) is 13.0 Å². The average Bonchev–Trinajstić information content (AvgIpc) is 3.57. The van der Waals surface area contributed by atoms with Gasteiger partial charge in [-0.1, -0.05) is 55.3 Å². The molecule has 2 fully saturated rings. The summed E-state index contributed by atoms with van der Waals surface area (Å²) in [6.07, 6.45) is 6.44. The monoisotopic (exact) mass is 459 g/mol. The number of piperazine rings is 1. The van der Waals surface area contributed by atoms with E-state index < -0.39 is 0 Å². The van der Waals surface area contributed by atoms with Crippen LogP contribution in [0.4, 0.5) is 5.69 Å². The molecule has 7 heteroatoms. The van der Waals surface area contributed by atoms with Gasteiger partial charge in [0.1, 0.15) is 0 Å². The first-order chi connectivity index (χ1) is 16.7. The number of hydrogen-bond donors (Lipinski definition) is 0. The Labute approximate surface area is 203 Å². The maximum atomic E-state index is 4.57. The highest BCUT2D eigenvalue weighted by molar-refractivity contribution is 5.47. The Hall–Kier alpha value is -2.77. The second kappa shape index (κ2) is 10.7. The Kier molecular flexibility index (Phi) is 7.21. The van der Waals surface area contributed by atoms with E-state index in [0.29, 0.717) is 0 Å². The summed E-state index contributed by atoms with van der Waals surface area (Å²) in [5.41, 5.74) is 3.77. The van der Waals surface area contributed by atoms with Crippen LogP contribution in [0, 0.1) is 0 Å². The first-order valence-electron chi connectivity index (χ1n) is 12.7. The van der Waals surface area contributed by atoms with Gasteiger partial charge in [-0.2, -0.15) is 0 Å². The van der Waals surface area contributed by atoms with Crippen molar-refractivity contribution in [2.24, 2.45) is 0 Å². The average molecular weight is 460 g/mol. The third-order valence-corrected chi connectivity index (χ3v) is 7.54. The molecular weight excluding hydrogens is 422 g/mol. The second-order valence-electron chi connectivity index (χ2n) is 9.89. The Morgan fingerprint density at radius 2 is 1.62 bits per heavy atom. The lowest BCUT2D eigenvalue weighted by molar-refractivity contribution is 0.0770. The van der Waals surface area contributed by atoms with Crippen molar-refractivity contribution in [3.8, 4) is 0 Å². The SMILES string of the molecule is CN(C)c1ccc([C@@H](c2nnnn2CCc2ccccc2)N2CCN(C3CCCC3)CC2)cc1. The maximum Gasteiger partial charge on any atom is 0.173 e. The smallest absolute Gasteiger partial charge is 0.173 e. The van der Waals surface area contributed by atoms with Crippen molar-refractivity contribution in [1.29, 1.82) is 0 Å². The number of aromatic nitrogens is 4. The number of benzene rings is 2. The van der Waals surface area contributed by atoms with Crippen molar-refractivity contribution in [3.05, 3.63) is 71.5 Å². The van der Waals surface area contributed by atoms with E-state index >= 15 is 0 Å². The van der Waals surface area contributed by atoms with Gasteiger partial charge in [0.05, 0.1) is 6.04 Å². The fraction of sp³-hybridized carbons (Fsp3) is 0.519. The Morgan fingerprint density at radius 3 is 2.29 bits per heavy atom. The maximum absolute atomic E-state index is 4.57. The fourth-order valence-corrected chi connectivity index (χ4v) is 5.55. The topological polar surface area (TPSA) is 53.3 Å². The molecule has 0 spiro atoms. The van der Waals surface area contributed by atoms with Crippen LogP contribution in [0.15, 0.2) is 54.6 Å². The number of aryl methyl sites for hydroxylation is 2. The minimum Gasteiger partial charge on any atom is -0.378 e. The van der Waals surface area contributed by atoms with Crippen molar-refractivity contribution >= 4 is 5.69 Å². The van der Waals surface area contributed by atoms with E-state index in [0.717, 1.165) is 51.0 Å². The zero-order valence-corrected chi connectivity index (χ0v) is 20.6. The van der Waals surface area contributed by atoms with Crippen molar-refractivity contribution in [2.45, 2.75) is 50.7 Å². The van der Waals surface area contributed by atoms with Crippen molar-refractivity contribution in [1.82, 2.24) is 30.0 Å². The summed E-state index contributed by atoms with van der Waals surface area (Å²) >= 11 is 0. The van der Waals surface area contributed by atoms with Crippen LogP contribution in [0.5, 0.6) is 0 Å². The molecule has 2 aliphatic rings. The zero-order chi connectivity index (χ0) is 23.3. The molecule has 2 aromatic carbocycles. The van der Waals surface area contributed by atoms with Gasteiger partial charge in [0, 0.05) is 58.5 Å². The Morgan fingerprint density at radius 1 is 0.912 bits per heavy atom. The van der Waals surface area contributed by atoms with Crippen molar-refractivity contribution in [2.75, 3.05) is 45.2 Å². The fourth-order valence-electron chi connectivity index (χ4n) is 5.55. The van der Waals surface area contributed by atoms with E-state index in [4.69, 9.17) is 0 Å². The summed E-state index contributed by atoms with van der Waals surface area (Å²) in [7, 11) is 4.16. The lowest BCUT2D eigenvalue weighted by atomic mass is 10.0. The van der Waals surface area contributed by atoms with Crippen LogP contribution in [-0.4, -0.2) is 76.3 Å². The van der Waals surface area contributed by atoms with Gasteiger partial charge in [0.2, 0.25) is 0 Å². The minimum atomic E-state index is 0.0627. The summed E-state index contributed by atoms with van der Waals surface area (Å²) in [6.45, 7) is 5.12. The van der Waals surface area contributed by atoms with E-state index in [-0.39, 0.29) is 6.04 Å². The minimum absolute atomic E-state index is 0.0627. The highest BCUT2D eigenvalue weighted by Crippen LogP contribution is 2.31. The number of hydrogen-bond acceptors (Lipinski definition) is 6. The lowest BCUT2D eigenvalue weighted by Crippen LogP contribution is -2.51. The second-order valence-corrected chi connectivity index (χ2v) is 9.89. The molecule has 0 radical (unpaired) electrons. The first kappa shape index (κ1) is 23.0. The van der Waals surface area contributed by atoms with Crippen LogP contribution >= 0.6 is 0 Å². The molecule has 1 saturated carbocycles. The quantitative estimate of drug-likeness (QED) is 0.513. The van der Waals surface area contributed by atoms with Gasteiger partial charge < -0.3 is 4.90 Å². The van der Waals surface area contributed by atoms with Gasteiger partial charge in [-0.15, -0.1) is 5.10 Å². The number of nitrogens with zero attached hydrogens (tertiary/aromatic N) is 7. The van der Waals surface area contributed by atoms with Gasteiger partial charge in [0.25, 0.3) is 0 Å². The van der Waals surface area contributed by atoms with Gasteiger partial charge in [-0.05, 0) is 52.9 Å². The zero-order valence-electron chi connectivity index (χ0n) is 20.6. The molecule has 7 nitrogen and oxygen atoms in total. The van der Waals surface area contributed by atoms with E-state index in [1.807, 2.05) is 4.68 Å². The van der Waals surface area contributed by atoms with Crippen LogP contribution < -0.4 is 4.90 Å². The molecule has 5 rings (SSSR count). The largest absolute Gasteiger partial charge is 0.378 e. The van der Waals surface area contributed by atoms with Crippen molar-refractivity contribution in [3.63, 3.8) is 0 Å². The van der Waals surface area contributed by atoms with E-state index in [1.165, 1.54) is 42.5 Å². The highest BCUT2D eigenvalue weighted by atomic mass is 15.6. The summed E-state index contributed by atoms with van der Waals surface area (Å²) in [6, 6.07) is 20.3. The van der Waals surface area contributed by atoms with Crippen LogP contribution in [0.2, 0.25) is 0 Å². The normalized spacial score (nSPS) is 18.9. The molecule has 3 aromatic rings. The number of tetrazole rings is 1. The van der Waals surface area contributed by atoms with Gasteiger partial charge in [-0.25, -0.2) is 4.68 Å². The summed E-state index contributed by atoms with van der Waals surface area (Å²) in [5, 5.41) is 13.1. The molecule has 0 N–H and O–H groups in total. The predicted octanol–water partition coefficient (Wildman–Crippen LogP) is 3.63. The molecule has 1 atom stereocenters. The lowest BCUT2D eigenvalue weighted by Gasteiger charge is -2.41. The first-order valence-corrected chi connectivity index (χ1v) is 12.7. The highest BCUT2D eigenvalue weighted by Gasteiger charge is 2.33. The molecule has 1 aliphatic carbocycles. The molecule has 0 amide bonds. The summed E-state index contributed by atoms with van der Waals surface area (Å²) < 4.78 is 2.01. The molecule has 34 heavy (non-hydrogen) atoms. The molecule has 2 heterocycles. The molecule has 0 unspecified atom stereocenters. The predicted molar refractivity (Wildman–Crippen MR) is 136 cm³/mol. The van der Waals surface area contributed by atoms with Gasteiger partial charge in [0.15, 0.2) is 5.82 Å². The van der Waals surface area contributed by atoms with Crippen LogP contribution in [0.1, 0.15) is 48.7 Å². The third kappa shape index (κ3) is 5.15. The molecular formula is C27H37N7. The molecule has 1 aromatic heterocycles. The summed E-state index contributed by atoms with van der Waals surface area (Å²) in [4.78, 5) is 7.44. The molecule has 0 bridgehead atoms. The van der Waals surface area contributed by atoms with E-state index in [2.05, 4.69) is 98.9 Å². The molecule has 1 saturated heterocycles. The molecule has 180 valence electrons. The van der Waals surface area contributed by atoms with Gasteiger partial charge in [-0.3, -0.25) is 9.80 Å². The third-order valence-electron chi connectivity index (χ3n) is 7.54. The number of rotatable bonds is 8. The summed E-state index contributed by atoms with van der Waals surface area (Å²) in [5.74, 6) is 0.947. The Bertz CT molecular complexity index is 1020. The standard InChI is InChI=1S/C27H37N7/c1-31(2)24-14-12-23(13-15-24)26(33-20-18-32(19-21-33)25-10-6-7-11-25)27-28-29-30-34(27)17-16-22-8-4-3-5-9-22/h3-5,8-9,12-15,25-26H,6-7,10-11,16-21H2,1-2H3/t26-/m0/s1. The van der Waals surface area contributed by atoms with E-state index in [1.54, 1.807) is 0 Å². The van der Waals surface area contributed by atoms with Crippen LogP contribution in [0.3, 0.4) is 0 Å². The number of anilines is 1. The molecule has 1 aliphatic heterocycles. The van der Waals surface area contributed by atoms with E-state index in [9.17, 15) is 0 Å². The van der Waals surface area contributed by atoms with Crippen molar-refractivity contribution < 1.29 is 0 Å². The Balaban J connectivity index is 1.38. The van der Waals surface area contributed by atoms with Crippen LogP contribution in [0.25, 0.3) is 0 Å².